The second-order valence-corrected chi connectivity index (χ2v) is 15.2. The van der Waals surface area contributed by atoms with Crippen molar-refractivity contribution >= 4 is 52.9 Å². The molecule has 0 bridgehead atoms. The van der Waals surface area contributed by atoms with E-state index in [1.165, 1.54) is 65.2 Å². The lowest BCUT2D eigenvalue weighted by atomic mass is 9.79. The number of ether oxygens (including phenoxy) is 2. The van der Waals surface area contributed by atoms with Crippen molar-refractivity contribution in [3.05, 3.63) is 115 Å². The molecule has 6 atom stereocenters. The highest BCUT2D eigenvalue weighted by molar-refractivity contribution is 8.03. The fourth-order valence-corrected chi connectivity index (χ4v) is 9.26. The molecule has 52 heavy (non-hydrogen) atoms. The molecule has 17 heteroatoms. The fourth-order valence-electron chi connectivity index (χ4n) is 6.69. The van der Waals surface area contributed by atoms with Crippen LogP contribution < -0.4 is 0 Å². The molecule has 3 aliphatic heterocycles. The summed E-state index contributed by atoms with van der Waals surface area (Å²) in [7, 11) is 0. The van der Waals surface area contributed by atoms with Gasteiger partial charge < -0.3 is 24.4 Å². The number of hydrogen-bond donors (Lipinski definition) is 1. The Morgan fingerprint density at radius 2 is 1.62 bits per heavy atom. The number of nitro benzene ring substituents is 2. The van der Waals surface area contributed by atoms with E-state index in [1.54, 1.807) is 36.0 Å². The number of hydrogen-bond acceptors (Lipinski definition) is 13. The van der Waals surface area contributed by atoms with Gasteiger partial charge in [0.1, 0.15) is 18.9 Å². The number of carbonyl (C=O) groups is 3. The number of nitro groups is 2. The van der Waals surface area contributed by atoms with Gasteiger partial charge in [-0.15, -0.1) is 23.5 Å². The van der Waals surface area contributed by atoms with Crippen LogP contribution >= 0.6 is 23.5 Å². The summed E-state index contributed by atoms with van der Waals surface area (Å²) < 4.78 is 11.3. The second-order valence-electron chi connectivity index (χ2n) is 12.7. The van der Waals surface area contributed by atoms with E-state index < -0.39 is 40.0 Å². The molecule has 0 saturated carbocycles. The molecule has 1 N–H and O–H groups in total. The number of fused-ring (bicyclic) bond motifs is 1. The van der Waals surface area contributed by atoms with E-state index >= 15 is 0 Å². The number of likely N-dealkylation sites (tertiary alicyclic amines) is 1. The van der Waals surface area contributed by atoms with Crippen LogP contribution in [0.5, 0.6) is 0 Å². The van der Waals surface area contributed by atoms with Crippen LogP contribution in [0.4, 0.5) is 16.2 Å². The Kier molecular flexibility index (Phi) is 11.1. The minimum atomic E-state index is -0.931. The van der Waals surface area contributed by atoms with Gasteiger partial charge in [0.05, 0.1) is 27.9 Å². The third-order valence-electron chi connectivity index (χ3n) is 9.31. The second kappa shape index (κ2) is 15.7. The number of β-lactam (4-membered cyclic amide) rings is 1. The first kappa shape index (κ1) is 36.8. The van der Waals surface area contributed by atoms with Crippen molar-refractivity contribution in [1.82, 2.24) is 14.8 Å². The Labute approximate surface area is 306 Å². The molecule has 1 aromatic heterocycles. The number of rotatable bonds is 13. The molecule has 4 heterocycles. The number of carbonyl (C=O) groups excluding carboxylic acids is 3. The Morgan fingerprint density at radius 3 is 2.17 bits per heavy atom. The summed E-state index contributed by atoms with van der Waals surface area (Å²) in [5, 5.41) is 32.3. The van der Waals surface area contributed by atoms with Crippen LogP contribution in [0.3, 0.4) is 0 Å². The number of non-ortho nitro benzene ring substituents is 2. The van der Waals surface area contributed by atoms with Crippen molar-refractivity contribution < 1.29 is 38.8 Å². The zero-order valence-corrected chi connectivity index (χ0v) is 29.7. The fraction of sp³-hybridized carbons (Fsp3) is 0.371. The number of benzene rings is 2. The van der Waals surface area contributed by atoms with E-state index in [1.807, 2.05) is 19.1 Å². The maximum atomic E-state index is 13.7. The SMILES string of the molecule is C[C@@H](O)[C@H]1C(=O)N2C(C(=O)OCc3ccc([N+](=O)[O-])cc3)=C(S[C@H]3C[C@@H](CSc4cccnc4)N(C(=O)OCc4ccc([N+](=O)[O-])cc4)C3)[C@H](C)[C@H]12. The number of aliphatic hydroxyl groups is 1. The van der Waals surface area contributed by atoms with Crippen molar-refractivity contribution in [1.29, 1.82) is 0 Å². The highest BCUT2D eigenvalue weighted by Gasteiger charge is 2.60. The Balaban J connectivity index is 1.21. The van der Waals surface area contributed by atoms with Crippen molar-refractivity contribution in [2.24, 2.45) is 11.8 Å². The minimum Gasteiger partial charge on any atom is -0.456 e. The minimum absolute atomic E-state index is 0.0711. The summed E-state index contributed by atoms with van der Waals surface area (Å²) in [5.41, 5.74) is 1.05. The number of aliphatic hydroxyl groups excluding tert-OH is 1. The largest absolute Gasteiger partial charge is 0.456 e. The van der Waals surface area contributed by atoms with E-state index in [9.17, 15) is 39.7 Å². The van der Waals surface area contributed by atoms with Crippen LogP contribution in [-0.4, -0.2) is 83.4 Å². The molecule has 2 saturated heterocycles. The van der Waals surface area contributed by atoms with Crippen molar-refractivity contribution in [3.8, 4) is 0 Å². The predicted molar refractivity (Wildman–Crippen MR) is 190 cm³/mol. The summed E-state index contributed by atoms with van der Waals surface area (Å²) in [6, 6.07) is 14.4. The van der Waals surface area contributed by atoms with Gasteiger partial charge in [0.2, 0.25) is 5.91 Å². The number of thioether (sulfide) groups is 2. The summed E-state index contributed by atoms with van der Waals surface area (Å²) in [6.45, 7) is 3.47. The lowest BCUT2D eigenvalue weighted by Crippen LogP contribution is -2.63. The first-order valence-corrected chi connectivity index (χ1v) is 18.3. The molecule has 6 rings (SSSR count). The number of aromatic nitrogens is 1. The highest BCUT2D eigenvalue weighted by atomic mass is 32.2. The Bertz CT molecular complexity index is 1880. The zero-order valence-electron chi connectivity index (χ0n) is 28.1. The maximum Gasteiger partial charge on any atom is 0.410 e. The summed E-state index contributed by atoms with van der Waals surface area (Å²) >= 11 is 2.95. The number of amides is 2. The lowest BCUT2D eigenvalue weighted by molar-refractivity contribution is -0.385. The topological polar surface area (TPSA) is 196 Å². The van der Waals surface area contributed by atoms with Crippen LogP contribution in [0.25, 0.3) is 0 Å². The smallest absolute Gasteiger partial charge is 0.410 e. The lowest BCUT2D eigenvalue weighted by Gasteiger charge is -2.46. The van der Waals surface area contributed by atoms with Crippen LogP contribution in [0.1, 0.15) is 31.4 Å². The molecule has 272 valence electrons. The van der Waals surface area contributed by atoms with Gasteiger partial charge in [-0.05, 0) is 60.9 Å². The van der Waals surface area contributed by atoms with Gasteiger partial charge in [0.15, 0.2) is 0 Å². The quantitative estimate of drug-likeness (QED) is 0.0777. The molecule has 2 fully saturated rings. The Morgan fingerprint density at radius 1 is 1.00 bits per heavy atom. The van der Waals surface area contributed by atoms with Gasteiger partial charge in [-0.2, -0.15) is 0 Å². The highest BCUT2D eigenvalue weighted by Crippen LogP contribution is 2.52. The molecule has 3 aromatic rings. The van der Waals surface area contributed by atoms with E-state index in [0.29, 0.717) is 28.2 Å². The van der Waals surface area contributed by atoms with Gasteiger partial charge in [-0.1, -0.05) is 6.92 Å². The van der Waals surface area contributed by atoms with Gasteiger partial charge in [0.25, 0.3) is 11.4 Å². The third-order valence-corrected chi connectivity index (χ3v) is 11.9. The van der Waals surface area contributed by atoms with Gasteiger partial charge in [-0.25, -0.2) is 9.59 Å². The third kappa shape index (κ3) is 7.75. The molecule has 0 aliphatic carbocycles. The summed E-state index contributed by atoms with van der Waals surface area (Å²) in [6.07, 6.45) is 2.48. The van der Waals surface area contributed by atoms with Crippen molar-refractivity contribution in [3.63, 3.8) is 0 Å². The van der Waals surface area contributed by atoms with E-state index in [4.69, 9.17) is 9.47 Å². The van der Waals surface area contributed by atoms with Crippen molar-refractivity contribution in [2.45, 2.75) is 61.8 Å². The average Bonchev–Trinajstić information content (AvgIpc) is 3.65. The monoisotopic (exact) mass is 749 g/mol. The molecule has 2 amide bonds. The van der Waals surface area contributed by atoms with Gasteiger partial charge in [-0.3, -0.25) is 30.0 Å². The molecular weight excluding hydrogens is 715 g/mol. The number of nitrogens with zero attached hydrogens (tertiary/aromatic N) is 5. The number of esters is 1. The molecule has 15 nitrogen and oxygen atoms in total. The van der Waals surface area contributed by atoms with E-state index in [2.05, 4.69) is 4.98 Å². The standard InChI is InChI=1S/C35H35N5O10S2/c1-20-30-29(21(2)41)33(42)38(30)31(34(43)49-17-22-5-9-24(10-6-22)39(45)46)32(20)52-28-14-26(19-51-27-4-3-13-36-15-27)37(16-28)35(44)50-18-23-7-11-25(12-8-23)40(47)48/h3-13,15,20-21,26,28-30,41H,14,16-19H2,1-2H3/t20-,21-,26+,28+,29-,30-/m1/s1. The van der Waals surface area contributed by atoms with Crippen molar-refractivity contribution in [2.75, 3.05) is 12.3 Å². The van der Waals surface area contributed by atoms with Crippen LogP contribution in [-0.2, 0) is 32.3 Å². The molecule has 3 aliphatic rings. The van der Waals surface area contributed by atoms with Gasteiger partial charge >= 0.3 is 12.1 Å². The maximum absolute atomic E-state index is 13.7. The predicted octanol–water partition coefficient (Wildman–Crippen LogP) is 5.32. The van der Waals surface area contributed by atoms with Crippen LogP contribution in [0.2, 0.25) is 0 Å². The first-order chi connectivity index (χ1) is 24.9. The molecule has 0 spiro atoms. The normalized spacial score (nSPS) is 22.8. The first-order valence-electron chi connectivity index (χ1n) is 16.4. The van der Waals surface area contributed by atoms with Crippen LogP contribution in [0, 0.1) is 32.1 Å². The Hall–Kier alpha value is -5.00. The average molecular weight is 750 g/mol. The molecular formula is C35H35N5O10S2. The molecule has 2 aromatic carbocycles. The van der Waals surface area contributed by atoms with Gasteiger partial charge in [0, 0.05) is 76.0 Å². The summed E-state index contributed by atoms with van der Waals surface area (Å²) in [4.78, 5) is 70.4. The van der Waals surface area contributed by atoms with E-state index in [0.717, 1.165) is 4.90 Å². The summed E-state index contributed by atoms with van der Waals surface area (Å²) in [5.74, 6) is -1.57. The molecule has 0 radical (unpaired) electrons. The van der Waals surface area contributed by atoms with Crippen LogP contribution in [0.15, 0.2) is 88.6 Å². The number of pyridine rings is 1. The zero-order chi connectivity index (χ0) is 37.1. The van der Waals surface area contributed by atoms with E-state index in [-0.39, 0.29) is 59.9 Å². The molecule has 0 unspecified atom stereocenters.